The van der Waals surface area contributed by atoms with Crippen LogP contribution in [0.5, 0.6) is 0 Å². The van der Waals surface area contributed by atoms with Crippen LogP contribution >= 0.6 is 0 Å². The first kappa shape index (κ1) is 22.5. The molecule has 2 fully saturated rings. The molecule has 36 heavy (non-hydrogen) atoms. The topological polar surface area (TPSA) is 82.4 Å². The number of amides is 1. The number of hydrogen-bond donors (Lipinski definition) is 1. The molecule has 5 heterocycles. The molecular formula is C27H30N8O. The highest BCUT2D eigenvalue weighted by Gasteiger charge is 2.23. The second-order valence-corrected chi connectivity index (χ2v) is 9.25. The molecule has 0 spiro atoms. The molecule has 9 heteroatoms. The zero-order chi connectivity index (χ0) is 24.3. The van der Waals surface area contributed by atoms with E-state index in [4.69, 9.17) is 0 Å². The summed E-state index contributed by atoms with van der Waals surface area (Å²) < 4.78 is 1.93. The van der Waals surface area contributed by atoms with Crippen LogP contribution in [0.15, 0.2) is 67.3 Å². The highest BCUT2D eigenvalue weighted by molar-refractivity contribution is 5.82. The van der Waals surface area contributed by atoms with Crippen molar-refractivity contribution in [3.8, 4) is 11.1 Å². The maximum atomic E-state index is 13.0. The number of piperazine rings is 2. The lowest BCUT2D eigenvalue weighted by molar-refractivity contribution is -0.132. The van der Waals surface area contributed by atoms with Gasteiger partial charge in [0, 0.05) is 99.3 Å². The Morgan fingerprint density at radius 3 is 2.42 bits per heavy atom. The normalized spacial score (nSPS) is 16.5. The minimum absolute atomic E-state index is 0.128. The van der Waals surface area contributed by atoms with Crippen LogP contribution in [0.1, 0.15) is 0 Å². The van der Waals surface area contributed by atoms with Gasteiger partial charge in [-0.05, 0) is 24.3 Å². The maximum Gasteiger partial charge on any atom is 0.242 e. The summed E-state index contributed by atoms with van der Waals surface area (Å²) in [5, 5.41) is 4.41. The molecule has 2 saturated heterocycles. The fraction of sp³-hybridized carbons (Fsp3) is 0.333. The average molecular weight is 483 g/mol. The van der Waals surface area contributed by atoms with E-state index >= 15 is 0 Å². The molecule has 1 aromatic carbocycles. The molecule has 0 aliphatic carbocycles. The van der Waals surface area contributed by atoms with Crippen LogP contribution in [0.4, 0.5) is 11.6 Å². The summed E-state index contributed by atoms with van der Waals surface area (Å²) in [6, 6.07) is 14.3. The van der Waals surface area contributed by atoms with Gasteiger partial charge < -0.3 is 24.6 Å². The Morgan fingerprint density at radius 1 is 0.833 bits per heavy atom. The summed E-state index contributed by atoms with van der Waals surface area (Å²) in [5.41, 5.74) is 4.14. The second-order valence-electron chi connectivity index (χ2n) is 9.25. The highest BCUT2D eigenvalue weighted by Crippen LogP contribution is 2.31. The number of hydrogen-bond acceptors (Lipinski definition) is 7. The number of fused-ring (bicyclic) bond motifs is 1. The van der Waals surface area contributed by atoms with Gasteiger partial charge in [0.15, 0.2) is 0 Å². The van der Waals surface area contributed by atoms with E-state index < -0.39 is 0 Å². The summed E-state index contributed by atoms with van der Waals surface area (Å²) in [5.74, 6) is 0.915. The van der Waals surface area contributed by atoms with E-state index in [0.29, 0.717) is 19.6 Å². The van der Waals surface area contributed by atoms with Crippen LogP contribution in [-0.4, -0.2) is 82.7 Å². The van der Waals surface area contributed by atoms with Crippen LogP contribution < -0.4 is 15.1 Å². The first-order chi connectivity index (χ1) is 17.8. The molecule has 0 saturated carbocycles. The number of carbonyl (C=O) groups excluding carboxylic acids is 1. The maximum absolute atomic E-state index is 13.0. The van der Waals surface area contributed by atoms with Crippen LogP contribution in [-0.2, 0) is 11.3 Å². The fourth-order valence-corrected chi connectivity index (χ4v) is 5.07. The number of pyridine rings is 1. The largest absolute Gasteiger partial charge is 0.367 e. The van der Waals surface area contributed by atoms with Crippen molar-refractivity contribution < 1.29 is 4.79 Å². The van der Waals surface area contributed by atoms with E-state index in [2.05, 4.69) is 54.3 Å². The molecular weight excluding hydrogens is 452 g/mol. The number of rotatable bonds is 5. The number of nitrogens with zero attached hydrogens (tertiary/aromatic N) is 7. The van der Waals surface area contributed by atoms with Crippen molar-refractivity contribution in [1.29, 1.82) is 0 Å². The molecule has 0 radical (unpaired) electrons. The molecule has 0 atom stereocenters. The molecule has 3 aromatic heterocycles. The number of nitrogens with one attached hydrogen (secondary N) is 1. The number of anilines is 2. The summed E-state index contributed by atoms with van der Waals surface area (Å²) in [6.45, 7) is 7.04. The summed E-state index contributed by atoms with van der Waals surface area (Å²) in [4.78, 5) is 33.3. The molecule has 0 unspecified atom stereocenters. The van der Waals surface area contributed by atoms with Gasteiger partial charge >= 0.3 is 0 Å². The number of carbonyl (C=O) groups is 1. The van der Waals surface area contributed by atoms with Gasteiger partial charge in [-0.15, -0.1) is 0 Å². The monoisotopic (exact) mass is 482 g/mol. The highest BCUT2D eigenvalue weighted by atomic mass is 16.2. The van der Waals surface area contributed by atoms with Gasteiger partial charge in [0.2, 0.25) is 11.9 Å². The van der Waals surface area contributed by atoms with Gasteiger partial charge in [-0.3, -0.25) is 4.79 Å². The predicted octanol–water partition coefficient (Wildman–Crippen LogP) is 2.25. The van der Waals surface area contributed by atoms with E-state index in [1.54, 1.807) is 6.20 Å². The Bertz CT molecular complexity index is 1340. The van der Waals surface area contributed by atoms with Gasteiger partial charge in [-0.1, -0.05) is 18.2 Å². The first-order valence-corrected chi connectivity index (χ1v) is 12.6. The van der Waals surface area contributed by atoms with Crippen LogP contribution in [0.2, 0.25) is 0 Å². The summed E-state index contributed by atoms with van der Waals surface area (Å²) in [7, 11) is 0. The Morgan fingerprint density at radius 2 is 1.61 bits per heavy atom. The lowest BCUT2D eigenvalue weighted by atomic mass is 10.1. The zero-order valence-corrected chi connectivity index (χ0v) is 20.3. The predicted molar refractivity (Wildman–Crippen MR) is 141 cm³/mol. The number of benzene rings is 1. The Balaban J connectivity index is 1.12. The number of para-hydroxylation sites is 1. The van der Waals surface area contributed by atoms with Gasteiger partial charge in [0.05, 0.1) is 0 Å². The lowest BCUT2D eigenvalue weighted by Gasteiger charge is -2.37. The van der Waals surface area contributed by atoms with E-state index in [1.807, 2.05) is 46.3 Å². The third-order valence-corrected chi connectivity index (χ3v) is 7.05. The van der Waals surface area contributed by atoms with Crippen molar-refractivity contribution in [3.05, 3.63) is 67.3 Å². The van der Waals surface area contributed by atoms with E-state index in [-0.39, 0.29) is 5.91 Å². The van der Waals surface area contributed by atoms with Crippen LogP contribution in [0.3, 0.4) is 0 Å². The van der Waals surface area contributed by atoms with Crippen molar-refractivity contribution in [1.82, 2.24) is 29.7 Å². The van der Waals surface area contributed by atoms with Crippen molar-refractivity contribution in [2.75, 3.05) is 62.2 Å². The van der Waals surface area contributed by atoms with Crippen molar-refractivity contribution in [2.45, 2.75) is 6.54 Å². The van der Waals surface area contributed by atoms with E-state index in [9.17, 15) is 4.79 Å². The molecule has 2 aliphatic rings. The summed E-state index contributed by atoms with van der Waals surface area (Å²) in [6.07, 6.45) is 7.57. The third-order valence-electron chi connectivity index (χ3n) is 7.05. The van der Waals surface area contributed by atoms with Crippen molar-refractivity contribution in [2.24, 2.45) is 0 Å². The van der Waals surface area contributed by atoms with Gasteiger partial charge in [0.1, 0.15) is 12.2 Å². The first-order valence-electron chi connectivity index (χ1n) is 12.6. The molecule has 9 nitrogen and oxygen atoms in total. The van der Waals surface area contributed by atoms with Gasteiger partial charge in [-0.25, -0.2) is 15.0 Å². The smallest absolute Gasteiger partial charge is 0.242 e. The van der Waals surface area contributed by atoms with Crippen molar-refractivity contribution >= 4 is 28.6 Å². The quantitative estimate of drug-likeness (QED) is 0.467. The molecule has 4 aromatic rings. The third kappa shape index (κ3) is 4.49. The van der Waals surface area contributed by atoms with Gasteiger partial charge in [0.25, 0.3) is 0 Å². The van der Waals surface area contributed by atoms with Gasteiger partial charge in [-0.2, -0.15) is 0 Å². The Labute approximate surface area is 210 Å². The standard InChI is InChI=1S/C27H30N8O/c36-25(20-35-11-7-21-4-3-8-29-26(21)35)33-16-14-32(15-17-33)24-6-2-1-5-23(24)22-18-30-27(31-19-22)34-12-9-28-10-13-34/h1-8,11,18-19,28H,9-10,12-17,20H2. The molecule has 6 rings (SSSR count). The molecule has 184 valence electrons. The lowest BCUT2D eigenvalue weighted by Crippen LogP contribution is -2.49. The molecule has 1 N–H and O–H groups in total. The molecule has 2 aliphatic heterocycles. The minimum Gasteiger partial charge on any atom is -0.367 e. The fourth-order valence-electron chi connectivity index (χ4n) is 5.07. The second kappa shape index (κ2) is 9.94. The Hall–Kier alpha value is -3.98. The number of aromatic nitrogens is 4. The Kier molecular flexibility index (Phi) is 6.21. The average Bonchev–Trinajstić information content (AvgIpc) is 3.36. The van der Waals surface area contributed by atoms with Crippen molar-refractivity contribution in [3.63, 3.8) is 0 Å². The molecule has 0 bridgehead atoms. The zero-order valence-electron chi connectivity index (χ0n) is 20.3. The van der Waals surface area contributed by atoms with E-state index in [1.165, 1.54) is 0 Å². The minimum atomic E-state index is 0.128. The summed E-state index contributed by atoms with van der Waals surface area (Å²) >= 11 is 0. The van der Waals surface area contributed by atoms with Crippen LogP contribution in [0.25, 0.3) is 22.2 Å². The molecule has 1 amide bonds. The SMILES string of the molecule is O=C(Cn1ccc2cccnc21)N1CCN(c2ccccc2-c2cnc(N3CCNCC3)nc2)CC1. The van der Waals surface area contributed by atoms with Crippen LogP contribution in [0, 0.1) is 0 Å². The van der Waals surface area contributed by atoms with E-state index in [0.717, 1.165) is 73.1 Å².